The lowest BCUT2D eigenvalue weighted by Gasteiger charge is -2.07. The summed E-state index contributed by atoms with van der Waals surface area (Å²) in [5, 5.41) is 14.0. The van der Waals surface area contributed by atoms with Gasteiger partial charge in [-0.3, -0.25) is 9.48 Å². The summed E-state index contributed by atoms with van der Waals surface area (Å²) in [5.74, 6) is -0.738. The third kappa shape index (κ3) is 3.00. The highest BCUT2D eigenvalue weighted by Crippen LogP contribution is 2.17. The molecular weight excluding hydrogens is 284 g/mol. The Bertz CT molecular complexity index is 797. The molecule has 0 radical (unpaired) electrons. The fourth-order valence-corrected chi connectivity index (χ4v) is 2.19. The first-order valence-corrected chi connectivity index (χ1v) is 6.91. The van der Waals surface area contributed by atoms with Gasteiger partial charge < -0.3 is 9.52 Å². The highest BCUT2D eigenvalue weighted by Gasteiger charge is 2.16. The van der Waals surface area contributed by atoms with Gasteiger partial charge in [0.1, 0.15) is 17.1 Å². The Hall–Kier alpha value is -2.63. The van der Waals surface area contributed by atoms with Crippen molar-refractivity contribution in [2.75, 3.05) is 0 Å². The summed E-state index contributed by atoms with van der Waals surface area (Å²) in [7, 11) is 0. The van der Waals surface area contributed by atoms with Crippen LogP contribution >= 0.6 is 0 Å². The van der Waals surface area contributed by atoms with Gasteiger partial charge in [-0.2, -0.15) is 5.10 Å². The van der Waals surface area contributed by atoms with Crippen LogP contribution in [-0.4, -0.2) is 20.7 Å². The van der Waals surface area contributed by atoms with E-state index in [4.69, 9.17) is 4.42 Å². The minimum absolute atomic E-state index is 0.214. The van der Waals surface area contributed by atoms with E-state index in [1.54, 1.807) is 12.3 Å². The average Bonchev–Trinajstić information content (AvgIpc) is 2.76. The van der Waals surface area contributed by atoms with E-state index in [0.29, 0.717) is 0 Å². The van der Waals surface area contributed by atoms with Crippen molar-refractivity contribution in [3.8, 4) is 5.75 Å². The Kier molecular flexibility index (Phi) is 4.30. The number of aryl methyl sites for hydroxylation is 1. The molecule has 0 aliphatic heterocycles. The Morgan fingerprint density at radius 1 is 1.41 bits per heavy atom. The second-order valence-electron chi connectivity index (χ2n) is 5.33. The molecule has 2 aromatic heterocycles. The van der Waals surface area contributed by atoms with Crippen LogP contribution in [0.3, 0.4) is 0 Å². The maximum atomic E-state index is 12.1. The number of nitrogens with zero attached hydrogens (tertiary/aromatic N) is 2. The predicted molar refractivity (Wildman–Crippen MR) is 82.1 cm³/mol. The third-order valence-corrected chi connectivity index (χ3v) is 3.29. The van der Waals surface area contributed by atoms with E-state index in [-0.39, 0.29) is 23.1 Å². The number of ketones is 1. The van der Waals surface area contributed by atoms with Crippen molar-refractivity contribution in [2.24, 2.45) is 0 Å². The highest BCUT2D eigenvalue weighted by atomic mass is 16.4. The zero-order valence-corrected chi connectivity index (χ0v) is 13.0. The van der Waals surface area contributed by atoms with Gasteiger partial charge in [-0.05, 0) is 39.8 Å². The van der Waals surface area contributed by atoms with Gasteiger partial charge in [0, 0.05) is 23.4 Å². The minimum atomic E-state index is -0.846. The second kappa shape index (κ2) is 6.01. The predicted octanol–water partition coefficient (Wildman–Crippen LogP) is 2.64. The van der Waals surface area contributed by atoms with Crippen molar-refractivity contribution in [3.05, 3.63) is 51.3 Å². The van der Waals surface area contributed by atoms with Crippen molar-refractivity contribution in [2.45, 2.75) is 33.7 Å². The molecule has 0 atom stereocenters. The van der Waals surface area contributed by atoms with Crippen molar-refractivity contribution in [3.63, 3.8) is 0 Å². The van der Waals surface area contributed by atoms with E-state index in [0.717, 1.165) is 11.3 Å². The van der Waals surface area contributed by atoms with E-state index >= 15 is 0 Å². The smallest absolute Gasteiger partial charge is 0.351 e. The average molecular weight is 302 g/mol. The number of allylic oxidation sites excluding steroid dienone is 1. The summed E-state index contributed by atoms with van der Waals surface area (Å²) in [6, 6.07) is 1.45. The maximum absolute atomic E-state index is 12.1. The van der Waals surface area contributed by atoms with E-state index < -0.39 is 11.4 Å². The van der Waals surface area contributed by atoms with Crippen molar-refractivity contribution in [1.82, 2.24) is 9.78 Å². The number of rotatable bonds is 4. The molecule has 6 heteroatoms. The molecular formula is C16H18N2O4. The quantitative estimate of drug-likeness (QED) is 0.693. The lowest BCUT2D eigenvalue weighted by molar-refractivity contribution is 0.104. The van der Waals surface area contributed by atoms with Crippen LogP contribution in [0.25, 0.3) is 6.08 Å². The van der Waals surface area contributed by atoms with Crippen LogP contribution in [0.1, 0.15) is 47.3 Å². The molecule has 0 spiro atoms. The SMILES string of the molecule is Cc1cc(O)c(C(=O)/C=C/c2cnn(C(C)C)c2C)c(=O)o1. The normalized spacial score (nSPS) is 11.5. The largest absolute Gasteiger partial charge is 0.507 e. The van der Waals surface area contributed by atoms with Crippen molar-refractivity contribution < 1.29 is 14.3 Å². The first kappa shape index (κ1) is 15.8. The summed E-state index contributed by atoms with van der Waals surface area (Å²) < 4.78 is 6.67. The van der Waals surface area contributed by atoms with Gasteiger partial charge in [-0.15, -0.1) is 0 Å². The van der Waals surface area contributed by atoms with Gasteiger partial charge in [0.15, 0.2) is 5.78 Å². The summed E-state index contributed by atoms with van der Waals surface area (Å²) in [6.07, 6.45) is 4.45. The number of aromatic nitrogens is 2. The van der Waals surface area contributed by atoms with Crippen LogP contribution in [0.2, 0.25) is 0 Å². The molecule has 0 unspecified atom stereocenters. The zero-order chi connectivity index (χ0) is 16.4. The van der Waals surface area contributed by atoms with E-state index in [1.807, 2.05) is 25.5 Å². The second-order valence-corrected chi connectivity index (χ2v) is 5.33. The summed E-state index contributed by atoms with van der Waals surface area (Å²) in [4.78, 5) is 23.8. The molecule has 0 fully saturated rings. The van der Waals surface area contributed by atoms with Gasteiger partial charge in [0.05, 0.1) is 6.20 Å². The fourth-order valence-electron chi connectivity index (χ4n) is 2.19. The number of aromatic hydroxyl groups is 1. The number of carbonyl (C=O) groups excluding carboxylic acids is 1. The molecule has 0 saturated carbocycles. The van der Waals surface area contributed by atoms with Crippen LogP contribution in [0, 0.1) is 13.8 Å². The molecule has 2 heterocycles. The van der Waals surface area contributed by atoms with Gasteiger partial charge in [-0.1, -0.05) is 0 Å². The molecule has 2 aromatic rings. The Morgan fingerprint density at radius 3 is 2.64 bits per heavy atom. The zero-order valence-electron chi connectivity index (χ0n) is 13.0. The molecule has 0 saturated heterocycles. The van der Waals surface area contributed by atoms with Gasteiger partial charge in [-0.25, -0.2) is 4.79 Å². The summed E-state index contributed by atoms with van der Waals surface area (Å²) in [5.41, 5.74) is 0.481. The van der Waals surface area contributed by atoms with E-state index in [2.05, 4.69) is 5.10 Å². The van der Waals surface area contributed by atoms with Crippen molar-refractivity contribution in [1.29, 1.82) is 0 Å². The Morgan fingerprint density at radius 2 is 2.09 bits per heavy atom. The number of hydrogen-bond acceptors (Lipinski definition) is 5. The highest BCUT2D eigenvalue weighted by molar-refractivity contribution is 6.08. The maximum Gasteiger partial charge on any atom is 0.351 e. The molecule has 1 N–H and O–H groups in total. The molecule has 6 nitrogen and oxygen atoms in total. The molecule has 0 aromatic carbocycles. The first-order valence-electron chi connectivity index (χ1n) is 6.91. The molecule has 116 valence electrons. The summed E-state index contributed by atoms with van der Waals surface area (Å²) in [6.45, 7) is 7.44. The van der Waals surface area contributed by atoms with Gasteiger partial charge in [0.25, 0.3) is 0 Å². The molecule has 0 bridgehead atoms. The number of carbonyl (C=O) groups is 1. The Balaban J connectivity index is 2.32. The van der Waals surface area contributed by atoms with Gasteiger partial charge >= 0.3 is 5.63 Å². The standard InChI is InChI=1S/C16H18N2O4/c1-9(2)18-11(4)12(8-17-18)5-6-13(19)15-14(20)7-10(3)22-16(15)21/h5-9,20H,1-4H3/b6-5+. The van der Waals surface area contributed by atoms with Crippen molar-refractivity contribution >= 4 is 11.9 Å². The fraction of sp³-hybridized carbons (Fsp3) is 0.312. The van der Waals surface area contributed by atoms with Crippen LogP contribution in [0.15, 0.2) is 27.6 Å². The molecule has 22 heavy (non-hydrogen) atoms. The van der Waals surface area contributed by atoms with Crippen LogP contribution in [0.4, 0.5) is 0 Å². The van der Waals surface area contributed by atoms with E-state index in [9.17, 15) is 14.7 Å². The van der Waals surface area contributed by atoms with Gasteiger partial charge in [0.2, 0.25) is 0 Å². The topological polar surface area (TPSA) is 85.3 Å². The molecule has 0 amide bonds. The third-order valence-electron chi connectivity index (χ3n) is 3.29. The Labute approximate surface area is 127 Å². The van der Waals surface area contributed by atoms with Crippen LogP contribution in [0.5, 0.6) is 5.75 Å². The van der Waals surface area contributed by atoms with Crippen LogP contribution in [-0.2, 0) is 0 Å². The minimum Gasteiger partial charge on any atom is -0.507 e. The van der Waals surface area contributed by atoms with E-state index in [1.165, 1.54) is 19.1 Å². The summed E-state index contributed by atoms with van der Waals surface area (Å²) >= 11 is 0. The first-order chi connectivity index (χ1) is 10.3. The molecule has 2 rings (SSSR count). The monoisotopic (exact) mass is 302 g/mol. The lowest BCUT2D eigenvalue weighted by atomic mass is 10.1. The van der Waals surface area contributed by atoms with Crippen LogP contribution < -0.4 is 5.63 Å². The molecule has 0 aliphatic carbocycles. The molecule has 0 aliphatic rings. The lowest BCUT2D eigenvalue weighted by Crippen LogP contribution is -2.13. The number of hydrogen-bond donors (Lipinski definition) is 1.